The summed E-state index contributed by atoms with van der Waals surface area (Å²) in [5.74, 6) is 0.248. The number of nitrogens with two attached hydrogens (primary N) is 1. The van der Waals surface area contributed by atoms with E-state index < -0.39 is 0 Å². The summed E-state index contributed by atoms with van der Waals surface area (Å²) in [6, 6.07) is 6.32. The van der Waals surface area contributed by atoms with E-state index in [-0.39, 0.29) is 11.3 Å². The standard InChI is InChI=1S/C17H26N2O/c1-13-4-5-14(2)15(10-13)11-16(20)19-8-6-17(3,12-18)7-9-19/h4-5,10H,6-9,11-12,18H2,1-3H3. The monoisotopic (exact) mass is 274 g/mol. The van der Waals surface area contributed by atoms with Crippen LogP contribution in [0.15, 0.2) is 18.2 Å². The molecule has 1 aromatic carbocycles. The molecule has 1 aromatic rings. The Kier molecular flexibility index (Phi) is 4.48. The SMILES string of the molecule is Cc1ccc(C)c(CC(=O)N2CCC(C)(CN)CC2)c1. The molecule has 1 aliphatic rings. The highest BCUT2D eigenvalue weighted by Crippen LogP contribution is 2.29. The molecule has 1 aliphatic heterocycles. The van der Waals surface area contributed by atoms with Crippen LogP contribution in [-0.4, -0.2) is 30.4 Å². The van der Waals surface area contributed by atoms with Crippen molar-refractivity contribution in [2.75, 3.05) is 19.6 Å². The summed E-state index contributed by atoms with van der Waals surface area (Å²) in [5.41, 5.74) is 9.61. The van der Waals surface area contributed by atoms with Crippen molar-refractivity contribution in [3.63, 3.8) is 0 Å². The highest BCUT2D eigenvalue weighted by Gasteiger charge is 2.30. The van der Waals surface area contributed by atoms with Crippen LogP contribution in [0.1, 0.15) is 36.5 Å². The predicted octanol–water partition coefficient (Wildman–Crippen LogP) is 2.43. The zero-order valence-corrected chi connectivity index (χ0v) is 12.9. The quantitative estimate of drug-likeness (QED) is 0.920. The predicted molar refractivity (Wildman–Crippen MR) is 82.6 cm³/mol. The number of hydrogen-bond acceptors (Lipinski definition) is 2. The van der Waals surface area contributed by atoms with Crippen molar-refractivity contribution >= 4 is 5.91 Å². The zero-order chi connectivity index (χ0) is 14.8. The van der Waals surface area contributed by atoms with Crippen molar-refractivity contribution in [1.29, 1.82) is 0 Å². The third-order valence-corrected chi connectivity index (χ3v) is 4.66. The minimum absolute atomic E-state index is 0.218. The average molecular weight is 274 g/mol. The van der Waals surface area contributed by atoms with E-state index in [1.54, 1.807) is 0 Å². The molecule has 110 valence electrons. The third-order valence-electron chi connectivity index (χ3n) is 4.66. The van der Waals surface area contributed by atoms with E-state index in [4.69, 9.17) is 5.73 Å². The number of carbonyl (C=O) groups excluding carboxylic acids is 1. The fourth-order valence-corrected chi connectivity index (χ4v) is 2.77. The van der Waals surface area contributed by atoms with Gasteiger partial charge in [-0.1, -0.05) is 30.7 Å². The minimum Gasteiger partial charge on any atom is -0.342 e. The Hall–Kier alpha value is -1.35. The number of benzene rings is 1. The molecule has 0 aliphatic carbocycles. The Morgan fingerprint density at radius 2 is 1.95 bits per heavy atom. The van der Waals surface area contributed by atoms with Gasteiger partial charge < -0.3 is 10.6 Å². The van der Waals surface area contributed by atoms with Crippen LogP contribution in [0, 0.1) is 19.3 Å². The number of likely N-dealkylation sites (tertiary alicyclic amines) is 1. The van der Waals surface area contributed by atoms with Crippen LogP contribution in [0.4, 0.5) is 0 Å². The van der Waals surface area contributed by atoms with Gasteiger partial charge in [-0.3, -0.25) is 4.79 Å². The van der Waals surface area contributed by atoms with Gasteiger partial charge in [0.2, 0.25) is 5.91 Å². The molecule has 2 rings (SSSR count). The Balaban J connectivity index is 1.98. The van der Waals surface area contributed by atoms with Gasteiger partial charge in [0.1, 0.15) is 0 Å². The molecule has 0 bridgehead atoms. The molecule has 0 unspecified atom stereocenters. The smallest absolute Gasteiger partial charge is 0.227 e. The number of nitrogens with zero attached hydrogens (tertiary/aromatic N) is 1. The number of amides is 1. The molecular weight excluding hydrogens is 248 g/mol. The minimum atomic E-state index is 0.218. The molecule has 2 N–H and O–H groups in total. The number of rotatable bonds is 3. The maximum Gasteiger partial charge on any atom is 0.227 e. The van der Waals surface area contributed by atoms with E-state index in [1.165, 1.54) is 11.1 Å². The van der Waals surface area contributed by atoms with Gasteiger partial charge in [-0.05, 0) is 49.8 Å². The van der Waals surface area contributed by atoms with Crippen LogP contribution in [-0.2, 0) is 11.2 Å². The summed E-state index contributed by atoms with van der Waals surface area (Å²) in [7, 11) is 0. The lowest BCUT2D eigenvalue weighted by atomic mass is 9.80. The lowest BCUT2D eigenvalue weighted by Crippen LogP contribution is -2.45. The molecule has 1 heterocycles. The molecule has 20 heavy (non-hydrogen) atoms. The van der Waals surface area contributed by atoms with Crippen molar-refractivity contribution in [2.45, 2.75) is 40.0 Å². The van der Waals surface area contributed by atoms with E-state index in [2.05, 4.69) is 39.0 Å². The van der Waals surface area contributed by atoms with Crippen LogP contribution in [0.5, 0.6) is 0 Å². The Labute approximate surface area is 122 Å². The molecule has 0 atom stereocenters. The molecule has 1 fully saturated rings. The summed E-state index contributed by atoms with van der Waals surface area (Å²) in [4.78, 5) is 14.4. The van der Waals surface area contributed by atoms with Crippen molar-refractivity contribution in [3.05, 3.63) is 34.9 Å². The van der Waals surface area contributed by atoms with Gasteiger partial charge in [-0.15, -0.1) is 0 Å². The van der Waals surface area contributed by atoms with Gasteiger partial charge >= 0.3 is 0 Å². The first-order valence-electron chi connectivity index (χ1n) is 7.47. The molecule has 3 heteroatoms. The van der Waals surface area contributed by atoms with Gasteiger partial charge in [-0.2, -0.15) is 0 Å². The number of hydrogen-bond donors (Lipinski definition) is 1. The molecule has 0 aromatic heterocycles. The van der Waals surface area contributed by atoms with Crippen molar-refractivity contribution < 1.29 is 4.79 Å². The first kappa shape index (κ1) is 15.0. The third kappa shape index (κ3) is 3.40. The van der Waals surface area contributed by atoms with E-state index >= 15 is 0 Å². The zero-order valence-electron chi connectivity index (χ0n) is 12.9. The molecule has 1 saturated heterocycles. The molecule has 1 amide bonds. The van der Waals surface area contributed by atoms with Crippen LogP contribution < -0.4 is 5.73 Å². The number of carbonyl (C=O) groups is 1. The summed E-state index contributed by atoms with van der Waals surface area (Å²) >= 11 is 0. The second-order valence-electron chi connectivity index (χ2n) is 6.50. The average Bonchev–Trinajstić information content (AvgIpc) is 2.43. The lowest BCUT2D eigenvalue weighted by molar-refractivity contribution is -0.132. The highest BCUT2D eigenvalue weighted by atomic mass is 16.2. The van der Waals surface area contributed by atoms with Crippen molar-refractivity contribution in [3.8, 4) is 0 Å². The maximum atomic E-state index is 12.4. The van der Waals surface area contributed by atoms with Crippen molar-refractivity contribution in [2.24, 2.45) is 11.1 Å². The Morgan fingerprint density at radius 1 is 1.30 bits per heavy atom. The van der Waals surface area contributed by atoms with Gasteiger partial charge in [0, 0.05) is 13.1 Å². The first-order chi connectivity index (χ1) is 9.43. The van der Waals surface area contributed by atoms with Crippen LogP contribution in [0.25, 0.3) is 0 Å². The Morgan fingerprint density at radius 3 is 2.55 bits per heavy atom. The van der Waals surface area contributed by atoms with Gasteiger partial charge in [-0.25, -0.2) is 0 Å². The molecule has 0 saturated carbocycles. The van der Waals surface area contributed by atoms with Gasteiger partial charge in [0.15, 0.2) is 0 Å². The molecule has 3 nitrogen and oxygen atoms in total. The topological polar surface area (TPSA) is 46.3 Å². The van der Waals surface area contributed by atoms with Crippen LogP contribution in [0.2, 0.25) is 0 Å². The van der Waals surface area contributed by atoms with Crippen LogP contribution >= 0.6 is 0 Å². The van der Waals surface area contributed by atoms with Gasteiger partial charge in [0.05, 0.1) is 6.42 Å². The molecule has 0 radical (unpaired) electrons. The fraction of sp³-hybridized carbons (Fsp3) is 0.588. The summed E-state index contributed by atoms with van der Waals surface area (Å²) in [6.07, 6.45) is 2.55. The fourth-order valence-electron chi connectivity index (χ4n) is 2.77. The first-order valence-corrected chi connectivity index (χ1v) is 7.47. The number of aryl methyl sites for hydroxylation is 2. The highest BCUT2D eigenvalue weighted by molar-refractivity contribution is 5.79. The summed E-state index contributed by atoms with van der Waals surface area (Å²) < 4.78 is 0. The number of piperidine rings is 1. The Bertz CT molecular complexity index is 488. The second kappa shape index (κ2) is 5.96. The summed E-state index contributed by atoms with van der Waals surface area (Å²) in [5, 5.41) is 0. The van der Waals surface area contributed by atoms with E-state index in [0.717, 1.165) is 31.5 Å². The van der Waals surface area contributed by atoms with Crippen molar-refractivity contribution in [1.82, 2.24) is 4.90 Å². The maximum absolute atomic E-state index is 12.4. The summed E-state index contributed by atoms with van der Waals surface area (Å²) in [6.45, 7) is 8.77. The van der Waals surface area contributed by atoms with E-state index in [0.29, 0.717) is 13.0 Å². The van der Waals surface area contributed by atoms with Crippen LogP contribution in [0.3, 0.4) is 0 Å². The lowest BCUT2D eigenvalue weighted by Gasteiger charge is -2.38. The second-order valence-corrected chi connectivity index (χ2v) is 6.50. The molecule has 0 spiro atoms. The normalized spacial score (nSPS) is 18.1. The largest absolute Gasteiger partial charge is 0.342 e. The van der Waals surface area contributed by atoms with E-state index in [1.807, 2.05) is 4.90 Å². The van der Waals surface area contributed by atoms with Gasteiger partial charge in [0.25, 0.3) is 0 Å². The van der Waals surface area contributed by atoms with E-state index in [9.17, 15) is 4.79 Å². The molecular formula is C17H26N2O.